The Bertz CT molecular complexity index is 3420. The minimum atomic E-state index is -0.338. The van der Waals surface area contributed by atoms with Gasteiger partial charge in [-0.1, -0.05) is 73.5 Å². The summed E-state index contributed by atoms with van der Waals surface area (Å²) < 4.78 is 8.00. The van der Waals surface area contributed by atoms with Crippen molar-refractivity contribution in [3.63, 3.8) is 0 Å². The van der Waals surface area contributed by atoms with Crippen molar-refractivity contribution >= 4 is 51.6 Å². The standard InChI is InChI=1S/C61H70ClN13O7/c1-5-54(78)74-31-30-73(35-43(74)18-22-63)56-45-21-25-72(50-11-7-9-40-8-6-10-48(62)55(40)50)36-49(45)64-60(65-56)82-37-44-16-17-51(68(44)4)59(80)71-28-26-70(27-29-71)58(79)41-19-23-69(24-20-41)34-39-12-14-42(15-13-39)75-57(66-67-61(75)81)47-32-46(38(2)3)52(76)33-53(47)77/h5-15,32-33,38,41,43-44,51,76-77H,1,16-21,23-31,34-37H2,2-4H3,(H,67,81)/t43-,44-,51+/m0/s1. The second-order valence-corrected chi connectivity index (χ2v) is 23.0. The van der Waals surface area contributed by atoms with E-state index in [1.54, 1.807) is 11.0 Å². The number of halogens is 1. The molecule has 2 aromatic heterocycles. The van der Waals surface area contributed by atoms with Crippen LogP contribution in [0.5, 0.6) is 23.5 Å². The number of amides is 3. The van der Waals surface area contributed by atoms with Gasteiger partial charge in [0.25, 0.3) is 0 Å². The van der Waals surface area contributed by atoms with Crippen molar-refractivity contribution in [2.45, 2.75) is 89.5 Å². The predicted molar refractivity (Wildman–Crippen MR) is 311 cm³/mol. The average Bonchev–Trinajstić information content (AvgIpc) is 4.03. The zero-order valence-electron chi connectivity index (χ0n) is 46.7. The number of rotatable bonds is 14. The fourth-order valence-corrected chi connectivity index (χ4v) is 13.0. The van der Waals surface area contributed by atoms with Crippen LogP contribution in [0.1, 0.15) is 74.3 Å². The molecule has 21 heteroatoms. The Balaban J connectivity index is 0.682. The molecule has 3 N–H and O–H groups in total. The molecule has 5 aliphatic heterocycles. The summed E-state index contributed by atoms with van der Waals surface area (Å²) >= 11 is 6.82. The third-order valence-electron chi connectivity index (χ3n) is 17.4. The van der Waals surface area contributed by atoms with Crippen molar-refractivity contribution in [3.05, 3.63) is 113 Å². The van der Waals surface area contributed by atoms with Crippen LogP contribution < -0.4 is 14.5 Å². The number of ether oxygens (including phenoxy) is 1. The van der Waals surface area contributed by atoms with Gasteiger partial charge in [0.05, 0.1) is 53.1 Å². The first-order valence-corrected chi connectivity index (χ1v) is 28.9. The lowest BCUT2D eigenvalue weighted by Gasteiger charge is -2.42. The van der Waals surface area contributed by atoms with Crippen LogP contribution in [0.3, 0.4) is 0 Å². The number of hydrogen-bond acceptors (Lipinski definition) is 16. The van der Waals surface area contributed by atoms with Crippen molar-refractivity contribution in [1.29, 1.82) is 5.26 Å². The molecule has 7 heterocycles. The molecule has 3 atom stereocenters. The van der Waals surface area contributed by atoms with Crippen LogP contribution in [0.15, 0.2) is 85.5 Å². The number of hydrogen-bond donors (Lipinski definition) is 3. The van der Waals surface area contributed by atoms with E-state index in [-0.39, 0.29) is 90.1 Å². The van der Waals surface area contributed by atoms with Gasteiger partial charge in [0, 0.05) is 93.6 Å². The van der Waals surface area contributed by atoms with Gasteiger partial charge in [-0.2, -0.15) is 15.2 Å². The molecule has 3 amide bonds. The van der Waals surface area contributed by atoms with Crippen LogP contribution in [-0.2, 0) is 33.9 Å². The van der Waals surface area contributed by atoms with Gasteiger partial charge >= 0.3 is 12.0 Å². The molecule has 0 unspecified atom stereocenters. The lowest BCUT2D eigenvalue weighted by molar-refractivity contribution is -0.145. The van der Waals surface area contributed by atoms with Crippen molar-refractivity contribution in [1.82, 2.24) is 49.2 Å². The van der Waals surface area contributed by atoms with Crippen LogP contribution in [0, 0.1) is 17.2 Å². The largest absolute Gasteiger partial charge is 0.508 e. The number of phenols is 2. The summed E-state index contributed by atoms with van der Waals surface area (Å²) in [6, 6.07) is 24.3. The second-order valence-electron chi connectivity index (χ2n) is 22.6. The number of likely N-dealkylation sites (N-methyl/N-ethyl adjacent to an activating group) is 1. The van der Waals surface area contributed by atoms with E-state index in [4.69, 9.17) is 26.3 Å². The minimum absolute atomic E-state index is 0.0138. The molecule has 6 aromatic rings. The highest BCUT2D eigenvalue weighted by Crippen LogP contribution is 2.41. The van der Waals surface area contributed by atoms with Gasteiger partial charge in [0.2, 0.25) is 17.7 Å². The van der Waals surface area contributed by atoms with E-state index >= 15 is 0 Å². The first-order valence-electron chi connectivity index (χ1n) is 28.5. The number of aromatic nitrogens is 5. The Kier molecular flexibility index (Phi) is 16.3. The third kappa shape index (κ3) is 11.2. The SMILES string of the molecule is C=CC(=O)N1CCN(c2nc(OC[C@@H]3CC[C@H](C(=O)N4CCN(C(=O)C5CCN(Cc6ccc(-n7c(O)nnc7-c7cc(C(C)C)c(O)cc7O)cc6)CC5)CC4)N3C)nc3c2CCN(c2cccc4cccc(Cl)c24)C3)C[C@@H]1CC#N. The Morgan fingerprint density at radius 3 is 2.28 bits per heavy atom. The summed E-state index contributed by atoms with van der Waals surface area (Å²) in [5.41, 5.74) is 5.54. The molecule has 11 rings (SSSR count). The summed E-state index contributed by atoms with van der Waals surface area (Å²) in [7, 11) is 1.98. The molecule has 428 valence electrons. The summed E-state index contributed by atoms with van der Waals surface area (Å²) in [5, 5.41) is 52.4. The van der Waals surface area contributed by atoms with Gasteiger partial charge in [-0.3, -0.25) is 24.2 Å². The van der Waals surface area contributed by atoms with Gasteiger partial charge in [-0.25, -0.2) is 4.57 Å². The van der Waals surface area contributed by atoms with Crippen molar-refractivity contribution in [3.8, 4) is 46.7 Å². The summed E-state index contributed by atoms with van der Waals surface area (Å²) in [4.78, 5) is 65.6. The number of piperidine rings is 1. The third-order valence-corrected chi connectivity index (χ3v) is 17.7. The minimum Gasteiger partial charge on any atom is -0.508 e. The lowest BCUT2D eigenvalue weighted by atomic mass is 9.94. The van der Waals surface area contributed by atoms with Crippen LogP contribution in [0.25, 0.3) is 27.8 Å². The maximum atomic E-state index is 14.2. The number of nitrogens with zero attached hydrogens (tertiary/aromatic N) is 13. The number of likely N-dealkylation sites (tertiary alicyclic amines) is 2. The first kappa shape index (κ1) is 55.9. The van der Waals surface area contributed by atoms with E-state index in [9.17, 15) is 35.0 Å². The second kappa shape index (κ2) is 23.8. The smallest absolute Gasteiger partial charge is 0.319 e. The zero-order valence-corrected chi connectivity index (χ0v) is 47.5. The molecule has 0 radical (unpaired) electrons. The molecule has 20 nitrogen and oxygen atoms in total. The van der Waals surface area contributed by atoms with E-state index in [2.05, 4.69) is 60.6 Å². The molecule has 0 saturated carbocycles. The number of piperazine rings is 2. The fraction of sp³-hybridized carbons (Fsp3) is 0.443. The molecule has 4 aromatic carbocycles. The molecule has 0 aliphatic carbocycles. The number of nitriles is 1. The zero-order chi connectivity index (χ0) is 57.3. The number of aromatic hydroxyl groups is 3. The number of fused-ring (bicyclic) bond motifs is 2. The van der Waals surface area contributed by atoms with Crippen LogP contribution >= 0.6 is 11.6 Å². The molecule has 4 saturated heterocycles. The maximum Gasteiger partial charge on any atom is 0.319 e. The van der Waals surface area contributed by atoms with Gasteiger partial charge in [-0.15, -0.1) is 5.10 Å². The average molecular weight is 1130 g/mol. The van der Waals surface area contributed by atoms with Gasteiger partial charge in [0.1, 0.15) is 23.9 Å². The van der Waals surface area contributed by atoms with Gasteiger partial charge < -0.3 is 44.6 Å². The quantitative estimate of drug-likeness (QED) is 0.0946. The summed E-state index contributed by atoms with van der Waals surface area (Å²) in [6.07, 6.45) is 5.06. The highest BCUT2D eigenvalue weighted by molar-refractivity contribution is 6.36. The monoisotopic (exact) mass is 1130 g/mol. The number of benzene rings is 4. The van der Waals surface area contributed by atoms with Crippen LogP contribution in [0.2, 0.25) is 5.02 Å². The molecule has 0 spiro atoms. The number of carbonyl (C=O) groups is 3. The maximum absolute atomic E-state index is 14.2. The number of carbonyl (C=O) groups excluding carboxylic acids is 3. The lowest BCUT2D eigenvalue weighted by Crippen LogP contribution is -2.56. The number of phenolic OH excluding ortho intramolecular Hbond substituents is 2. The Morgan fingerprint density at radius 1 is 0.829 bits per heavy atom. The Hall–Kier alpha value is -7.99. The molecule has 0 bridgehead atoms. The van der Waals surface area contributed by atoms with Crippen LogP contribution in [0.4, 0.5) is 11.5 Å². The van der Waals surface area contributed by atoms with E-state index in [0.717, 1.165) is 71.5 Å². The fourth-order valence-electron chi connectivity index (χ4n) is 12.8. The molecule has 4 fully saturated rings. The van der Waals surface area contributed by atoms with Crippen LogP contribution in [-0.4, -0.2) is 180 Å². The molecule has 82 heavy (non-hydrogen) atoms. The van der Waals surface area contributed by atoms with E-state index in [1.165, 1.54) is 16.7 Å². The summed E-state index contributed by atoms with van der Waals surface area (Å²) in [5.74, 6) is 0.731. The van der Waals surface area contributed by atoms with Gasteiger partial charge in [-0.05, 0) is 111 Å². The van der Waals surface area contributed by atoms with E-state index in [0.29, 0.717) is 100 Å². The Labute approximate surface area is 482 Å². The highest BCUT2D eigenvalue weighted by Gasteiger charge is 2.40. The normalized spacial score (nSPS) is 20.1. The topological polar surface area (TPSA) is 224 Å². The number of anilines is 2. The summed E-state index contributed by atoms with van der Waals surface area (Å²) in [6.45, 7) is 14.6. The molecular formula is C61H70ClN13O7. The predicted octanol–water partition coefficient (Wildman–Crippen LogP) is 6.88. The first-order chi connectivity index (χ1) is 39.7. The van der Waals surface area contributed by atoms with E-state index in [1.807, 2.05) is 73.2 Å². The molecular weight excluding hydrogens is 1060 g/mol. The Morgan fingerprint density at radius 2 is 1.56 bits per heavy atom. The van der Waals surface area contributed by atoms with Gasteiger partial charge in [0.15, 0.2) is 5.82 Å². The van der Waals surface area contributed by atoms with Crippen molar-refractivity contribution in [2.75, 3.05) is 88.9 Å². The van der Waals surface area contributed by atoms with E-state index < -0.39 is 0 Å². The highest BCUT2D eigenvalue weighted by atomic mass is 35.5. The van der Waals surface area contributed by atoms with Crippen molar-refractivity contribution in [2.24, 2.45) is 5.92 Å². The van der Waals surface area contributed by atoms with Crippen molar-refractivity contribution < 1.29 is 34.4 Å². The molecule has 5 aliphatic rings.